The van der Waals surface area contributed by atoms with Crippen molar-refractivity contribution in [3.8, 4) is 5.75 Å². The van der Waals surface area contributed by atoms with Crippen molar-refractivity contribution in [2.45, 2.75) is 71.2 Å². The second kappa shape index (κ2) is 25.4. The lowest BCUT2D eigenvalue weighted by molar-refractivity contribution is -0.138. The van der Waals surface area contributed by atoms with Crippen molar-refractivity contribution in [3.05, 3.63) is 29.8 Å². The Morgan fingerprint density at radius 2 is 0.881 bits per heavy atom. The molecule has 0 saturated heterocycles. The van der Waals surface area contributed by atoms with Gasteiger partial charge in [0.1, 0.15) is 42.5 Å². The Balaban J connectivity index is 2.76. The number of carboxylic acid groups (broad SMARTS) is 1. The smallest absolute Gasteiger partial charge is 0.322 e. The van der Waals surface area contributed by atoms with E-state index in [0.717, 1.165) is 0 Å². The van der Waals surface area contributed by atoms with E-state index in [1.165, 1.54) is 45.0 Å². The van der Waals surface area contributed by atoms with Gasteiger partial charge < -0.3 is 69.1 Å². The average molecular weight is 836 g/mol. The van der Waals surface area contributed by atoms with Crippen molar-refractivity contribution in [1.82, 2.24) is 53.2 Å². The summed E-state index contributed by atoms with van der Waals surface area (Å²) in [6.07, 6.45) is -0.126. The maximum atomic E-state index is 13.2. The molecule has 1 rings (SSSR count). The average Bonchev–Trinajstić information content (AvgIpc) is 3.18. The molecule has 0 aliphatic rings. The van der Waals surface area contributed by atoms with Crippen LogP contribution in [0.5, 0.6) is 5.75 Å². The molecule has 59 heavy (non-hydrogen) atoms. The van der Waals surface area contributed by atoms with E-state index < -0.39 is 134 Å². The van der Waals surface area contributed by atoms with E-state index in [9.17, 15) is 57.8 Å². The summed E-state index contributed by atoms with van der Waals surface area (Å²) in [6.45, 7) is 3.80. The van der Waals surface area contributed by atoms with Crippen molar-refractivity contribution in [1.29, 1.82) is 0 Å². The number of phenolic OH excluding ortho intramolecular Hbond substituents is 1. The summed E-state index contributed by atoms with van der Waals surface area (Å²) in [4.78, 5) is 135. The van der Waals surface area contributed by atoms with E-state index in [2.05, 4.69) is 53.2 Å². The van der Waals surface area contributed by atoms with Gasteiger partial charge in [-0.05, 0) is 44.4 Å². The summed E-state index contributed by atoms with van der Waals surface area (Å²) < 4.78 is 0. The molecule has 0 unspecified atom stereocenters. The van der Waals surface area contributed by atoms with E-state index in [1.54, 1.807) is 13.8 Å². The van der Waals surface area contributed by atoms with Gasteiger partial charge in [-0.15, -0.1) is 0 Å². The molecule has 0 bridgehead atoms. The van der Waals surface area contributed by atoms with Crippen LogP contribution in [-0.4, -0.2) is 145 Å². The number of carbonyl (C=O) groups excluding carboxylic acids is 10. The SMILES string of the molecule is CC(C)[C@H](NC(=O)CNC(=O)[C@H](C)NC(=O)CN)C(=O)NCC(=O)N[C@@H](Cc1ccc(O)cc1)C(=O)NCC(=O)N[C@@H](C)C(=O)NCC(=O)N[C@@H](C)C(=O)NCC(=O)O. The zero-order chi connectivity index (χ0) is 44.8. The number of rotatable bonds is 24. The quantitative estimate of drug-likeness (QED) is 0.0461. The molecule has 5 atom stereocenters. The fourth-order valence-corrected chi connectivity index (χ4v) is 4.69. The minimum absolute atomic E-state index is 0.0633. The first kappa shape index (κ1) is 50.2. The van der Waals surface area contributed by atoms with Crippen molar-refractivity contribution in [3.63, 3.8) is 0 Å². The summed E-state index contributed by atoms with van der Waals surface area (Å²) in [6, 6.07) is -0.0778. The van der Waals surface area contributed by atoms with E-state index in [4.69, 9.17) is 10.8 Å². The third kappa shape index (κ3) is 20.2. The summed E-state index contributed by atoms with van der Waals surface area (Å²) in [7, 11) is 0. The second-order valence-corrected chi connectivity index (χ2v) is 13.3. The Labute approximate surface area is 338 Å². The number of carboxylic acids is 1. The topological polar surface area (TPSA) is 375 Å². The maximum Gasteiger partial charge on any atom is 0.322 e. The largest absolute Gasteiger partial charge is 0.508 e. The molecular weight excluding hydrogens is 782 g/mol. The summed E-state index contributed by atoms with van der Waals surface area (Å²) in [5.41, 5.74) is 5.70. The highest BCUT2D eigenvalue weighted by Crippen LogP contribution is 2.11. The molecule has 14 N–H and O–H groups in total. The molecule has 0 aliphatic carbocycles. The normalized spacial score (nSPS) is 13.1. The van der Waals surface area contributed by atoms with Crippen molar-refractivity contribution in [2.75, 3.05) is 39.3 Å². The summed E-state index contributed by atoms with van der Waals surface area (Å²) in [5, 5.41) is 41.5. The Kier molecular flexibility index (Phi) is 21.6. The molecule has 0 aromatic heterocycles. The number of hydrogen-bond acceptors (Lipinski definition) is 13. The highest BCUT2D eigenvalue weighted by molar-refractivity contribution is 5.96. The van der Waals surface area contributed by atoms with Crippen molar-refractivity contribution >= 4 is 65.0 Å². The molecule has 24 nitrogen and oxygen atoms in total. The van der Waals surface area contributed by atoms with Crippen LogP contribution in [0.2, 0.25) is 0 Å². The summed E-state index contributed by atoms with van der Waals surface area (Å²) in [5.74, 6) is -9.43. The molecule has 326 valence electrons. The fraction of sp³-hybridized carbons (Fsp3) is 0.514. The Hall–Kier alpha value is -6.85. The van der Waals surface area contributed by atoms with E-state index in [-0.39, 0.29) is 18.7 Å². The van der Waals surface area contributed by atoms with Gasteiger partial charge in [0.25, 0.3) is 0 Å². The molecule has 0 spiro atoms. The van der Waals surface area contributed by atoms with Gasteiger partial charge in [-0.3, -0.25) is 52.7 Å². The van der Waals surface area contributed by atoms with Gasteiger partial charge >= 0.3 is 5.97 Å². The molecule has 0 radical (unpaired) electrons. The molecule has 1 aromatic carbocycles. The van der Waals surface area contributed by atoms with E-state index in [0.29, 0.717) is 5.56 Å². The number of aromatic hydroxyl groups is 1. The van der Waals surface area contributed by atoms with Gasteiger partial charge in [0.15, 0.2) is 0 Å². The molecule has 0 fully saturated rings. The second-order valence-electron chi connectivity index (χ2n) is 13.3. The van der Waals surface area contributed by atoms with Gasteiger partial charge in [-0.2, -0.15) is 0 Å². The van der Waals surface area contributed by atoms with Crippen molar-refractivity contribution < 1.29 is 63.0 Å². The number of phenols is 1. The monoisotopic (exact) mass is 835 g/mol. The fourth-order valence-electron chi connectivity index (χ4n) is 4.69. The number of benzene rings is 1. The predicted molar refractivity (Wildman–Crippen MR) is 205 cm³/mol. The summed E-state index contributed by atoms with van der Waals surface area (Å²) >= 11 is 0. The van der Waals surface area contributed by atoms with Crippen LogP contribution in [0.25, 0.3) is 0 Å². The highest BCUT2D eigenvalue weighted by Gasteiger charge is 2.27. The lowest BCUT2D eigenvalue weighted by Crippen LogP contribution is -2.56. The minimum atomic E-state index is -1.31. The maximum absolute atomic E-state index is 13.2. The van der Waals surface area contributed by atoms with Crippen LogP contribution in [0.15, 0.2) is 24.3 Å². The van der Waals surface area contributed by atoms with Gasteiger partial charge in [0.2, 0.25) is 59.1 Å². The van der Waals surface area contributed by atoms with Crippen LogP contribution in [0, 0.1) is 5.92 Å². The molecule has 0 aliphatic heterocycles. The van der Waals surface area contributed by atoms with Gasteiger partial charge in [-0.25, -0.2) is 0 Å². The van der Waals surface area contributed by atoms with Crippen LogP contribution >= 0.6 is 0 Å². The van der Waals surface area contributed by atoms with Crippen LogP contribution in [0.4, 0.5) is 0 Å². The van der Waals surface area contributed by atoms with E-state index >= 15 is 0 Å². The first-order chi connectivity index (χ1) is 27.6. The molecular formula is C35H53N11O13. The number of nitrogens with two attached hydrogens (primary N) is 1. The van der Waals surface area contributed by atoms with Gasteiger partial charge in [-0.1, -0.05) is 26.0 Å². The van der Waals surface area contributed by atoms with E-state index in [1.807, 2.05) is 0 Å². The third-order valence-electron chi connectivity index (χ3n) is 7.90. The lowest BCUT2D eigenvalue weighted by atomic mass is 10.0. The zero-order valence-corrected chi connectivity index (χ0v) is 33.2. The molecule has 24 heteroatoms. The Bertz CT molecular complexity index is 1710. The van der Waals surface area contributed by atoms with Crippen LogP contribution in [0.3, 0.4) is 0 Å². The van der Waals surface area contributed by atoms with Gasteiger partial charge in [0, 0.05) is 6.42 Å². The predicted octanol–water partition coefficient (Wildman–Crippen LogP) is -6.30. The first-order valence-electron chi connectivity index (χ1n) is 18.2. The number of aliphatic carboxylic acids is 1. The number of nitrogens with one attached hydrogen (secondary N) is 10. The number of hydrogen-bond donors (Lipinski definition) is 13. The van der Waals surface area contributed by atoms with Gasteiger partial charge in [0.05, 0.1) is 32.7 Å². The standard InChI is InChI=1S/C35H53N11O13/c1-17(2)30(46-28(52)15-38-31(55)18(3)42-24(48)11-36)35(59)40-14-27(51)45-23(10-21-6-8-22(47)9-7-21)34(58)39-13-26(50)43-19(4)32(56)37-12-25(49)44-20(5)33(57)41-16-29(53)54/h6-9,17-20,23,30,47H,10-16,36H2,1-5H3,(H,37,56)(H,38,55)(H,39,58)(H,40,59)(H,41,57)(H,42,48)(H,43,50)(H,44,49)(H,45,51)(H,46,52)(H,53,54)/t18-,19-,20-,23-,30-/m0/s1. The number of carbonyl (C=O) groups is 11. The lowest BCUT2D eigenvalue weighted by Gasteiger charge is -2.23. The molecule has 0 heterocycles. The Morgan fingerprint density at radius 1 is 0.508 bits per heavy atom. The van der Waals surface area contributed by atoms with Crippen molar-refractivity contribution in [2.24, 2.45) is 11.7 Å². The molecule has 0 saturated carbocycles. The number of amides is 10. The van der Waals surface area contributed by atoms with Crippen LogP contribution in [-0.2, 0) is 59.2 Å². The molecule has 1 aromatic rings. The Morgan fingerprint density at radius 3 is 1.31 bits per heavy atom. The third-order valence-corrected chi connectivity index (χ3v) is 7.90. The highest BCUT2D eigenvalue weighted by atomic mass is 16.4. The molecule has 10 amide bonds. The first-order valence-corrected chi connectivity index (χ1v) is 18.2. The zero-order valence-electron chi connectivity index (χ0n) is 33.2. The van der Waals surface area contributed by atoms with Crippen LogP contribution in [0.1, 0.15) is 40.2 Å². The van der Waals surface area contributed by atoms with Crippen LogP contribution < -0.4 is 58.9 Å². The minimum Gasteiger partial charge on any atom is -0.508 e.